The van der Waals surface area contributed by atoms with E-state index in [1.165, 1.54) is 6.92 Å². The molecule has 0 aliphatic carbocycles. The third-order valence-electron chi connectivity index (χ3n) is 3.35. The zero-order chi connectivity index (χ0) is 13.7. The van der Waals surface area contributed by atoms with Gasteiger partial charge in [0.05, 0.1) is 6.04 Å². The molecule has 1 aliphatic heterocycles. The maximum absolute atomic E-state index is 13.3. The molecule has 0 aromatic heterocycles. The van der Waals surface area contributed by atoms with E-state index >= 15 is 0 Å². The van der Waals surface area contributed by atoms with Crippen LogP contribution in [-0.2, 0) is 4.79 Å². The van der Waals surface area contributed by atoms with Gasteiger partial charge in [0.1, 0.15) is 6.67 Å². The van der Waals surface area contributed by atoms with Gasteiger partial charge in [-0.25, -0.2) is 4.39 Å². The van der Waals surface area contributed by atoms with Crippen molar-refractivity contribution in [2.24, 2.45) is 0 Å². The normalized spacial score (nSPS) is 18.0. The molecule has 1 atom stereocenters. The summed E-state index contributed by atoms with van der Waals surface area (Å²) in [7, 11) is 0. The molecule has 0 saturated carbocycles. The highest BCUT2D eigenvalue weighted by molar-refractivity contribution is 5.88. The molecule has 1 saturated heterocycles. The van der Waals surface area contributed by atoms with E-state index in [1.54, 1.807) is 0 Å². The number of hydrogen-bond acceptors (Lipinski definition) is 3. The van der Waals surface area contributed by atoms with E-state index in [0.717, 1.165) is 37.4 Å². The van der Waals surface area contributed by atoms with Crippen molar-refractivity contribution in [3.63, 3.8) is 0 Å². The Balaban J connectivity index is 2.07. The third kappa shape index (κ3) is 3.75. The van der Waals surface area contributed by atoms with Crippen LogP contribution in [0.15, 0.2) is 24.3 Å². The zero-order valence-corrected chi connectivity index (χ0v) is 11.2. The van der Waals surface area contributed by atoms with Crippen LogP contribution in [0.1, 0.15) is 18.5 Å². The average Bonchev–Trinajstić information content (AvgIpc) is 2.42. The summed E-state index contributed by atoms with van der Waals surface area (Å²) in [6.07, 6.45) is 0. The van der Waals surface area contributed by atoms with E-state index in [4.69, 9.17) is 0 Å². The van der Waals surface area contributed by atoms with Gasteiger partial charge in [0, 0.05) is 38.8 Å². The predicted molar refractivity (Wildman–Crippen MR) is 73.9 cm³/mol. The molecule has 1 aromatic carbocycles. The lowest BCUT2D eigenvalue weighted by Gasteiger charge is -2.33. The van der Waals surface area contributed by atoms with Crippen molar-refractivity contribution < 1.29 is 9.18 Å². The van der Waals surface area contributed by atoms with Crippen LogP contribution in [0.3, 0.4) is 0 Å². The third-order valence-corrected chi connectivity index (χ3v) is 3.35. The van der Waals surface area contributed by atoms with E-state index in [0.29, 0.717) is 0 Å². The Labute approximate surface area is 113 Å². The number of rotatable bonds is 4. The topological polar surface area (TPSA) is 44.4 Å². The summed E-state index contributed by atoms with van der Waals surface area (Å²) < 4.78 is 13.3. The zero-order valence-electron chi connectivity index (χ0n) is 11.2. The van der Waals surface area contributed by atoms with Gasteiger partial charge in [-0.2, -0.15) is 0 Å². The number of halogens is 1. The molecule has 1 heterocycles. The molecule has 1 fully saturated rings. The molecular formula is C14H20FN3O. The molecule has 4 nitrogen and oxygen atoms in total. The van der Waals surface area contributed by atoms with Crippen LogP contribution in [0.2, 0.25) is 0 Å². The first-order valence-electron chi connectivity index (χ1n) is 6.59. The largest absolute Gasteiger partial charge is 0.326 e. The minimum absolute atomic E-state index is 0.100. The Hall–Kier alpha value is -1.46. The lowest BCUT2D eigenvalue weighted by molar-refractivity contribution is -0.114. The van der Waals surface area contributed by atoms with E-state index in [9.17, 15) is 9.18 Å². The number of alkyl halides is 1. The van der Waals surface area contributed by atoms with E-state index in [2.05, 4.69) is 15.5 Å². The summed E-state index contributed by atoms with van der Waals surface area (Å²) in [5.41, 5.74) is 1.70. The van der Waals surface area contributed by atoms with Crippen LogP contribution in [0, 0.1) is 0 Å². The van der Waals surface area contributed by atoms with Gasteiger partial charge in [-0.05, 0) is 17.7 Å². The molecule has 5 heteroatoms. The quantitative estimate of drug-likeness (QED) is 0.868. The fourth-order valence-electron chi connectivity index (χ4n) is 2.38. The summed E-state index contributed by atoms with van der Waals surface area (Å²) in [5.74, 6) is -0.100. The van der Waals surface area contributed by atoms with Crippen molar-refractivity contribution in [1.29, 1.82) is 0 Å². The summed E-state index contributed by atoms with van der Waals surface area (Å²) in [5, 5.41) is 5.98. The highest BCUT2D eigenvalue weighted by Crippen LogP contribution is 2.23. The number of benzene rings is 1. The highest BCUT2D eigenvalue weighted by Gasteiger charge is 2.21. The van der Waals surface area contributed by atoms with Crippen LogP contribution in [0.25, 0.3) is 0 Å². The molecule has 19 heavy (non-hydrogen) atoms. The second-order valence-corrected chi connectivity index (χ2v) is 4.76. The number of anilines is 1. The van der Waals surface area contributed by atoms with Crippen molar-refractivity contribution in [3.8, 4) is 0 Å². The molecule has 0 unspecified atom stereocenters. The van der Waals surface area contributed by atoms with Gasteiger partial charge in [-0.1, -0.05) is 12.1 Å². The number of nitrogens with one attached hydrogen (secondary N) is 2. The molecule has 1 amide bonds. The summed E-state index contributed by atoms with van der Waals surface area (Å²) in [6, 6.07) is 7.23. The summed E-state index contributed by atoms with van der Waals surface area (Å²) in [4.78, 5) is 13.1. The van der Waals surface area contributed by atoms with Crippen molar-refractivity contribution in [3.05, 3.63) is 29.8 Å². The number of carbonyl (C=O) groups is 1. The van der Waals surface area contributed by atoms with Crippen LogP contribution in [0.5, 0.6) is 0 Å². The second-order valence-electron chi connectivity index (χ2n) is 4.76. The van der Waals surface area contributed by atoms with Gasteiger partial charge in [0.25, 0.3) is 0 Å². The Morgan fingerprint density at radius 1 is 1.37 bits per heavy atom. The van der Waals surface area contributed by atoms with Crippen LogP contribution in [0.4, 0.5) is 10.1 Å². The van der Waals surface area contributed by atoms with Gasteiger partial charge >= 0.3 is 0 Å². The Morgan fingerprint density at radius 2 is 2.00 bits per heavy atom. The fraction of sp³-hybridized carbons (Fsp3) is 0.500. The fourth-order valence-corrected chi connectivity index (χ4v) is 2.38. The first kappa shape index (κ1) is 14.0. The number of hydrogen-bond donors (Lipinski definition) is 2. The first-order chi connectivity index (χ1) is 9.20. The van der Waals surface area contributed by atoms with E-state index in [1.807, 2.05) is 24.3 Å². The second kappa shape index (κ2) is 6.63. The smallest absolute Gasteiger partial charge is 0.221 e. The van der Waals surface area contributed by atoms with Crippen LogP contribution >= 0.6 is 0 Å². The Morgan fingerprint density at radius 3 is 2.53 bits per heavy atom. The molecule has 0 radical (unpaired) electrons. The maximum atomic E-state index is 13.3. The van der Waals surface area contributed by atoms with Gasteiger partial charge < -0.3 is 10.6 Å². The van der Waals surface area contributed by atoms with Crippen LogP contribution < -0.4 is 10.6 Å². The van der Waals surface area contributed by atoms with Gasteiger partial charge in [0.2, 0.25) is 5.91 Å². The summed E-state index contributed by atoms with van der Waals surface area (Å²) >= 11 is 0. The number of carbonyl (C=O) groups excluding carboxylic acids is 1. The molecular weight excluding hydrogens is 245 g/mol. The van der Waals surface area contributed by atoms with Gasteiger partial charge in [0.15, 0.2) is 0 Å². The molecule has 1 aliphatic rings. The van der Waals surface area contributed by atoms with Crippen molar-refractivity contribution in [2.45, 2.75) is 13.0 Å². The Kier molecular flexibility index (Phi) is 4.87. The molecule has 104 valence electrons. The van der Waals surface area contributed by atoms with Crippen molar-refractivity contribution in [1.82, 2.24) is 10.2 Å². The van der Waals surface area contributed by atoms with Crippen LogP contribution in [-0.4, -0.2) is 43.7 Å². The molecule has 2 N–H and O–H groups in total. The maximum Gasteiger partial charge on any atom is 0.221 e. The molecule has 2 rings (SSSR count). The SMILES string of the molecule is CC(=O)Nc1ccc([C@@H](CF)N2CCNCC2)cc1. The highest BCUT2D eigenvalue weighted by atomic mass is 19.1. The standard InChI is InChI=1S/C14H20FN3O/c1-11(19)17-13-4-2-12(3-5-13)14(10-15)18-8-6-16-7-9-18/h2-5,14,16H,6-10H2,1H3,(H,17,19)/t14-/m1/s1. The van der Waals surface area contributed by atoms with Gasteiger partial charge in [-0.15, -0.1) is 0 Å². The number of piperazine rings is 1. The average molecular weight is 265 g/mol. The Bertz CT molecular complexity index is 415. The number of nitrogens with zero attached hydrogens (tertiary/aromatic N) is 1. The molecule has 0 spiro atoms. The lowest BCUT2D eigenvalue weighted by Crippen LogP contribution is -2.45. The summed E-state index contributed by atoms with van der Waals surface area (Å²) in [6.45, 7) is 4.61. The number of amides is 1. The molecule has 1 aromatic rings. The first-order valence-corrected chi connectivity index (χ1v) is 6.59. The van der Waals surface area contributed by atoms with E-state index in [-0.39, 0.29) is 18.6 Å². The van der Waals surface area contributed by atoms with Crippen molar-refractivity contribution in [2.75, 3.05) is 38.2 Å². The molecule has 0 bridgehead atoms. The monoisotopic (exact) mass is 265 g/mol. The minimum Gasteiger partial charge on any atom is -0.326 e. The van der Waals surface area contributed by atoms with E-state index < -0.39 is 0 Å². The lowest BCUT2D eigenvalue weighted by atomic mass is 10.1. The van der Waals surface area contributed by atoms with Crippen molar-refractivity contribution >= 4 is 11.6 Å². The van der Waals surface area contributed by atoms with Gasteiger partial charge in [-0.3, -0.25) is 9.69 Å². The predicted octanol–water partition coefficient (Wildman–Crippen LogP) is 1.56. The minimum atomic E-state index is -0.389.